The molecule has 0 unspecified atom stereocenters. The second kappa shape index (κ2) is 6.79. The number of hydrogen-bond acceptors (Lipinski definition) is 7. The van der Waals surface area contributed by atoms with Crippen molar-refractivity contribution in [2.24, 2.45) is 0 Å². The van der Waals surface area contributed by atoms with Crippen molar-refractivity contribution in [1.82, 2.24) is 29.5 Å². The molecule has 0 aliphatic heterocycles. The molecule has 0 aromatic carbocycles. The summed E-state index contributed by atoms with van der Waals surface area (Å²) in [6.45, 7) is 5.83. The SMILES string of the molecule is CC(C)(C)OC(=O)c1cn(Cc2cn3cc(C4CC4)cc(-c4cnoc4)c3n2)nn1. The fourth-order valence-electron chi connectivity index (χ4n) is 3.40. The molecule has 0 atom stereocenters. The van der Waals surface area contributed by atoms with Gasteiger partial charge in [0.15, 0.2) is 5.69 Å². The summed E-state index contributed by atoms with van der Waals surface area (Å²) in [7, 11) is 0. The van der Waals surface area contributed by atoms with Gasteiger partial charge in [0.2, 0.25) is 0 Å². The number of imidazole rings is 1. The van der Waals surface area contributed by atoms with Crippen LogP contribution in [0.2, 0.25) is 0 Å². The van der Waals surface area contributed by atoms with Gasteiger partial charge in [0.25, 0.3) is 0 Å². The van der Waals surface area contributed by atoms with E-state index in [-0.39, 0.29) is 5.69 Å². The average molecular weight is 406 g/mol. The first kappa shape index (κ1) is 18.5. The summed E-state index contributed by atoms with van der Waals surface area (Å²) in [5.41, 5.74) is 4.39. The van der Waals surface area contributed by atoms with Crippen molar-refractivity contribution in [3.05, 3.63) is 54.1 Å². The molecule has 5 rings (SSSR count). The van der Waals surface area contributed by atoms with Crippen LogP contribution in [0.5, 0.6) is 0 Å². The van der Waals surface area contributed by atoms with Crippen LogP contribution in [0.25, 0.3) is 16.8 Å². The third-order valence-corrected chi connectivity index (χ3v) is 4.88. The van der Waals surface area contributed by atoms with E-state index in [1.165, 1.54) is 18.4 Å². The Labute approximate surface area is 172 Å². The van der Waals surface area contributed by atoms with Gasteiger partial charge >= 0.3 is 5.97 Å². The number of carbonyl (C=O) groups excluding carboxylic acids is 1. The highest BCUT2D eigenvalue weighted by molar-refractivity contribution is 5.87. The van der Waals surface area contributed by atoms with Crippen molar-refractivity contribution in [3.63, 3.8) is 0 Å². The second-order valence-electron chi connectivity index (χ2n) is 8.64. The Kier molecular flexibility index (Phi) is 4.19. The smallest absolute Gasteiger partial charge is 0.361 e. The number of carbonyl (C=O) groups is 1. The van der Waals surface area contributed by atoms with Gasteiger partial charge in [-0.2, -0.15) is 0 Å². The quantitative estimate of drug-likeness (QED) is 0.468. The van der Waals surface area contributed by atoms with E-state index in [2.05, 4.69) is 27.7 Å². The summed E-state index contributed by atoms with van der Waals surface area (Å²) in [6, 6.07) is 2.17. The lowest BCUT2D eigenvalue weighted by atomic mass is 10.1. The van der Waals surface area contributed by atoms with Crippen molar-refractivity contribution in [2.75, 3.05) is 0 Å². The Hall–Kier alpha value is -3.49. The number of ether oxygens (including phenoxy) is 1. The average Bonchev–Trinajstić information content (AvgIpc) is 3.08. The molecule has 0 N–H and O–H groups in total. The standard InChI is InChI=1S/C21H22N6O3/c1-21(2,3)30-20(28)18-11-27(25-24-18)10-16-9-26-8-14(13-4-5-13)6-17(19(26)23-16)15-7-22-29-12-15/h6-9,11-13H,4-5,10H2,1-3H3. The van der Waals surface area contributed by atoms with Crippen molar-refractivity contribution in [2.45, 2.75) is 51.7 Å². The Balaban J connectivity index is 1.45. The van der Waals surface area contributed by atoms with Crippen LogP contribution in [0.1, 0.15) is 61.3 Å². The van der Waals surface area contributed by atoms with E-state index in [4.69, 9.17) is 14.2 Å². The summed E-state index contributed by atoms with van der Waals surface area (Å²) >= 11 is 0. The van der Waals surface area contributed by atoms with Gasteiger partial charge in [0.05, 0.1) is 24.6 Å². The molecule has 0 saturated heterocycles. The molecule has 9 heteroatoms. The van der Waals surface area contributed by atoms with Crippen LogP contribution in [-0.2, 0) is 11.3 Å². The zero-order valence-corrected chi connectivity index (χ0v) is 17.1. The highest BCUT2D eigenvalue weighted by Gasteiger charge is 2.26. The van der Waals surface area contributed by atoms with Crippen molar-refractivity contribution < 1.29 is 14.1 Å². The lowest BCUT2D eigenvalue weighted by Crippen LogP contribution is -2.24. The first-order valence-corrected chi connectivity index (χ1v) is 9.90. The summed E-state index contributed by atoms with van der Waals surface area (Å²) in [6.07, 6.45) is 11.4. The van der Waals surface area contributed by atoms with Gasteiger partial charge in [-0.1, -0.05) is 10.4 Å². The molecule has 1 saturated carbocycles. The van der Waals surface area contributed by atoms with E-state index in [1.54, 1.807) is 23.3 Å². The number of hydrogen-bond donors (Lipinski definition) is 0. The first-order chi connectivity index (χ1) is 14.4. The van der Waals surface area contributed by atoms with Crippen LogP contribution in [0, 0.1) is 0 Å². The molecular formula is C21H22N6O3. The molecule has 154 valence electrons. The molecule has 0 radical (unpaired) electrons. The second-order valence-corrected chi connectivity index (χ2v) is 8.64. The van der Waals surface area contributed by atoms with E-state index in [9.17, 15) is 4.79 Å². The van der Waals surface area contributed by atoms with E-state index >= 15 is 0 Å². The minimum atomic E-state index is -0.583. The molecular weight excluding hydrogens is 384 g/mol. The molecule has 1 aliphatic carbocycles. The van der Waals surface area contributed by atoms with Gasteiger partial charge < -0.3 is 13.7 Å². The molecule has 4 aromatic rings. The van der Waals surface area contributed by atoms with Gasteiger partial charge in [-0.05, 0) is 51.2 Å². The van der Waals surface area contributed by atoms with E-state index in [0.29, 0.717) is 12.5 Å². The lowest BCUT2D eigenvalue weighted by molar-refractivity contribution is 0.00627. The number of aromatic nitrogens is 6. The van der Waals surface area contributed by atoms with Crippen LogP contribution >= 0.6 is 0 Å². The number of rotatable bonds is 5. The maximum atomic E-state index is 12.2. The molecule has 30 heavy (non-hydrogen) atoms. The molecule has 1 fully saturated rings. The van der Waals surface area contributed by atoms with Crippen LogP contribution in [0.4, 0.5) is 0 Å². The van der Waals surface area contributed by atoms with Crippen LogP contribution in [0.3, 0.4) is 0 Å². The fraction of sp³-hybridized carbons (Fsp3) is 0.381. The van der Waals surface area contributed by atoms with Gasteiger partial charge in [-0.15, -0.1) is 5.10 Å². The molecule has 0 amide bonds. The maximum Gasteiger partial charge on any atom is 0.361 e. The normalized spacial score (nSPS) is 14.4. The van der Waals surface area contributed by atoms with Crippen molar-refractivity contribution >= 4 is 11.6 Å². The first-order valence-electron chi connectivity index (χ1n) is 9.90. The number of fused-ring (bicyclic) bond motifs is 1. The summed E-state index contributed by atoms with van der Waals surface area (Å²) < 4.78 is 14.0. The Morgan fingerprint density at radius 3 is 2.80 bits per heavy atom. The molecule has 0 bridgehead atoms. The van der Waals surface area contributed by atoms with Crippen LogP contribution in [0.15, 0.2) is 41.6 Å². The van der Waals surface area contributed by atoms with Gasteiger partial charge in [0, 0.05) is 23.5 Å². The highest BCUT2D eigenvalue weighted by atomic mass is 16.6. The predicted octanol–water partition coefficient (Wildman–Crippen LogP) is 3.46. The number of nitrogens with zero attached hydrogens (tertiary/aromatic N) is 6. The van der Waals surface area contributed by atoms with E-state index in [1.807, 2.05) is 31.4 Å². The largest absolute Gasteiger partial charge is 0.455 e. The Bertz CT molecular complexity index is 1210. The zero-order valence-electron chi connectivity index (χ0n) is 17.1. The molecule has 0 spiro atoms. The molecule has 4 aromatic heterocycles. The Morgan fingerprint density at radius 1 is 1.27 bits per heavy atom. The monoisotopic (exact) mass is 406 g/mol. The van der Waals surface area contributed by atoms with Crippen LogP contribution < -0.4 is 0 Å². The number of pyridine rings is 1. The molecule has 1 aliphatic rings. The minimum Gasteiger partial charge on any atom is -0.455 e. The number of esters is 1. The van der Waals surface area contributed by atoms with Crippen molar-refractivity contribution in [3.8, 4) is 11.1 Å². The minimum absolute atomic E-state index is 0.176. The topological polar surface area (TPSA) is 100 Å². The third kappa shape index (κ3) is 3.70. The zero-order chi connectivity index (χ0) is 20.9. The summed E-state index contributed by atoms with van der Waals surface area (Å²) in [5, 5.41) is 11.8. The highest BCUT2D eigenvalue weighted by Crippen LogP contribution is 2.41. The van der Waals surface area contributed by atoms with Gasteiger partial charge in [-0.25, -0.2) is 14.5 Å². The van der Waals surface area contributed by atoms with E-state index < -0.39 is 11.6 Å². The van der Waals surface area contributed by atoms with Gasteiger partial charge in [-0.3, -0.25) is 0 Å². The fourth-order valence-corrected chi connectivity index (χ4v) is 3.40. The summed E-state index contributed by atoms with van der Waals surface area (Å²) in [5.74, 6) is 0.109. The van der Waals surface area contributed by atoms with E-state index in [0.717, 1.165) is 22.5 Å². The van der Waals surface area contributed by atoms with Gasteiger partial charge in [0.1, 0.15) is 17.5 Å². The third-order valence-electron chi connectivity index (χ3n) is 4.88. The lowest BCUT2D eigenvalue weighted by Gasteiger charge is -2.18. The molecule has 9 nitrogen and oxygen atoms in total. The van der Waals surface area contributed by atoms with Crippen molar-refractivity contribution in [1.29, 1.82) is 0 Å². The molecule has 4 heterocycles. The summed E-state index contributed by atoms with van der Waals surface area (Å²) in [4.78, 5) is 17.0. The predicted molar refractivity (Wildman–Crippen MR) is 107 cm³/mol. The Morgan fingerprint density at radius 2 is 2.10 bits per heavy atom. The van der Waals surface area contributed by atoms with Crippen LogP contribution in [-0.4, -0.2) is 41.1 Å². The maximum absolute atomic E-state index is 12.2.